The minimum atomic E-state index is -0.332. The number of hydrogen-bond donors (Lipinski definition) is 2. The van der Waals surface area contributed by atoms with Crippen molar-refractivity contribution in [3.05, 3.63) is 83.1 Å². The van der Waals surface area contributed by atoms with Gasteiger partial charge in [0.2, 0.25) is 0 Å². The van der Waals surface area contributed by atoms with E-state index in [1.54, 1.807) is 37.1 Å². The Labute approximate surface area is 163 Å². The van der Waals surface area contributed by atoms with Crippen LogP contribution in [0.2, 0.25) is 0 Å². The highest BCUT2D eigenvalue weighted by atomic mass is 32.1. The maximum atomic E-state index is 12.5. The Kier molecular flexibility index (Phi) is 3.84. The predicted molar refractivity (Wildman–Crippen MR) is 110 cm³/mol. The van der Waals surface area contributed by atoms with E-state index in [9.17, 15) is 9.90 Å². The molecular weight excluding hydrogens is 372 g/mol. The highest BCUT2D eigenvalue weighted by Crippen LogP contribution is 2.41. The van der Waals surface area contributed by atoms with Crippen LogP contribution in [-0.2, 0) is 0 Å². The lowest BCUT2D eigenvalue weighted by molar-refractivity contribution is 0.483. The number of aromatic hydroxyl groups is 1. The quantitative estimate of drug-likeness (QED) is 0.442. The maximum absolute atomic E-state index is 12.5. The molecule has 5 nitrogen and oxygen atoms in total. The van der Waals surface area contributed by atoms with Gasteiger partial charge in [-0.25, -0.2) is 0 Å². The maximum Gasteiger partial charge on any atom is 0.260 e. The van der Waals surface area contributed by atoms with E-state index in [1.807, 2.05) is 35.7 Å². The molecule has 5 aromatic rings. The highest BCUT2D eigenvalue weighted by Gasteiger charge is 2.19. The number of hydrogen-bond acceptors (Lipinski definition) is 5. The fourth-order valence-electron chi connectivity index (χ4n) is 3.35. The van der Waals surface area contributed by atoms with Crippen LogP contribution in [0.4, 0.5) is 0 Å². The number of nitrogens with one attached hydrogen (secondary N) is 1. The summed E-state index contributed by atoms with van der Waals surface area (Å²) in [7, 11) is 0. The van der Waals surface area contributed by atoms with Crippen molar-refractivity contribution in [2.75, 3.05) is 0 Å². The van der Waals surface area contributed by atoms with Crippen LogP contribution in [0.25, 0.3) is 43.6 Å². The van der Waals surface area contributed by atoms with E-state index in [0.29, 0.717) is 15.8 Å². The second-order valence-corrected chi connectivity index (χ2v) is 7.24. The van der Waals surface area contributed by atoms with Crippen LogP contribution in [0.15, 0.2) is 82.0 Å². The summed E-state index contributed by atoms with van der Waals surface area (Å²) in [6.45, 7) is 0. The molecule has 0 aliphatic carbocycles. The molecule has 0 radical (unpaired) electrons. The largest absolute Gasteiger partial charge is 0.506 e. The van der Waals surface area contributed by atoms with Crippen LogP contribution in [-0.4, -0.2) is 15.1 Å². The molecule has 0 fully saturated rings. The van der Waals surface area contributed by atoms with Gasteiger partial charge in [-0.3, -0.25) is 9.78 Å². The molecule has 4 heterocycles. The minimum Gasteiger partial charge on any atom is -0.506 e. The van der Waals surface area contributed by atoms with Gasteiger partial charge in [-0.05, 0) is 23.3 Å². The number of rotatable bonds is 3. The van der Waals surface area contributed by atoms with Crippen molar-refractivity contribution in [3.63, 3.8) is 0 Å². The van der Waals surface area contributed by atoms with Crippen molar-refractivity contribution in [3.8, 4) is 39.1 Å². The summed E-state index contributed by atoms with van der Waals surface area (Å²) in [4.78, 5) is 20.1. The number of aromatic nitrogens is 2. The Morgan fingerprint density at radius 3 is 2.54 bits per heavy atom. The second-order valence-electron chi connectivity index (χ2n) is 6.36. The number of benzene rings is 1. The smallest absolute Gasteiger partial charge is 0.260 e. The Balaban J connectivity index is 1.68. The van der Waals surface area contributed by atoms with E-state index in [4.69, 9.17) is 4.42 Å². The van der Waals surface area contributed by atoms with Crippen molar-refractivity contribution in [1.29, 1.82) is 0 Å². The molecular formula is C22H14N2O3S. The van der Waals surface area contributed by atoms with Crippen LogP contribution in [0, 0.1) is 0 Å². The molecule has 0 bridgehead atoms. The van der Waals surface area contributed by atoms with Gasteiger partial charge in [0.05, 0.1) is 23.5 Å². The summed E-state index contributed by atoms with van der Waals surface area (Å²) in [5.74, 6) is -0.0260. The molecule has 5 rings (SSSR count). The van der Waals surface area contributed by atoms with Gasteiger partial charge in [-0.1, -0.05) is 30.3 Å². The molecule has 2 N–H and O–H groups in total. The molecule has 0 spiro atoms. The Morgan fingerprint density at radius 1 is 1.00 bits per heavy atom. The zero-order chi connectivity index (χ0) is 19.1. The predicted octanol–water partition coefficient (Wildman–Crippen LogP) is 5.28. The average Bonchev–Trinajstić information content (AvgIpc) is 3.39. The molecule has 1 aromatic carbocycles. The van der Waals surface area contributed by atoms with Crippen molar-refractivity contribution in [2.24, 2.45) is 0 Å². The number of nitrogens with zero attached hydrogens (tertiary/aromatic N) is 1. The van der Waals surface area contributed by atoms with Crippen molar-refractivity contribution in [2.45, 2.75) is 0 Å². The third-order valence-electron chi connectivity index (χ3n) is 4.72. The molecule has 4 aromatic heterocycles. The minimum absolute atomic E-state index is 0.0260. The van der Waals surface area contributed by atoms with Crippen LogP contribution in [0.3, 0.4) is 0 Å². The van der Waals surface area contributed by atoms with Crippen molar-refractivity contribution < 1.29 is 9.52 Å². The van der Waals surface area contributed by atoms with Gasteiger partial charge in [0.1, 0.15) is 10.6 Å². The molecule has 28 heavy (non-hydrogen) atoms. The van der Waals surface area contributed by atoms with Gasteiger partial charge < -0.3 is 14.5 Å². The lowest BCUT2D eigenvalue weighted by Crippen LogP contribution is -2.08. The number of H-pyrrole nitrogens is 1. The molecule has 6 heteroatoms. The Hall–Kier alpha value is -3.64. The van der Waals surface area contributed by atoms with Crippen molar-refractivity contribution >= 4 is 21.6 Å². The number of pyridine rings is 2. The Morgan fingerprint density at radius 2 is 1.82 bits per heavy atom. The summed E-state index contributed by atoms with van der Waals surface area (Å²) in [6.07, 6.45) is 6.54. The van der Waals surface area contributed by atoms with Gasteiger partial charge in [-0.2, -0.15) is 0 Å². The van der Waals surface area contributed by atoms with Crippen molar-refractivity contribution in [1.82, 2.24) is 9.97 Å². The van der Waals surface area contributed by atoms with Gasteiger partial charge >= 0.3 is 0 Å². The number of fused-ring (bicyclic) bond motifs is 1. The third-order valence-corrected chi connectivity index (χ3v) is 5.61. The van der Waals surface area contributed by atoms with Gasteiger partial charge in [0.25, 0.3) is 5.56 Å². The molecule has 136 valence electrons. The number of thiophene rings is 1. The zero-order valence-electron chi connectivity index (χ0n) is 14.5. The second kappa shape index (κ2) is 6.51. The van der Waals surface area contributed by atoms with Gasteiger partial charge in [0.15, 0.2) is 0 Å². The fourth-order valence-corrected chi connectivity index (χ4v) is 4.31. The molecule has 0 amide bonds. The van der Waals surface area contributed by atoms with E-state index in [0.717, 1.165) is 22.3 Å². The summed E-state index contributed by atoms with van der Waals surface area (Å²) in [5, 5.41) is 13.5. The molecule has 0 aliphatic rings. The Bertz CT molecular complexity index is 1320. The molecule has 0 saturated heterocycles. The first-order valence-corrected chi connectivity index (χ1v) is 9.50. The van der Waals surface area contributed by atoms with Gasteiger partial charge in [-0.15, -0.1) is 11.3 Å². The van der Waals surface area contributed by atoms with E-state index in [2.05, 4.69) is 9.97 Å². The summed E-state index contributed by atoms with van der Waals surface area (Å²) in [5.41, 5.74) is 4.36. The first kappa shape index (κ1) is 16.5. The highest BCUT2D eigenvalue weighted by molar-refractivity contribution is 7.17. The van der Waals surface area contributed by atoms with E-state index < -0.39 is 0 Å². The normalized spacial score (nSPS) is 11.1. The van der Waals surface area contributed by atoms with Crippen LogP contribution >= 0.6 is 11.3 Å². The number of furan rings is 1. The fraction of sp³-hybridized carbons (Fsp3) is 0. The van der Waals surface area contributed by atoms with E-state index in [-0.39, 0.29) is 16.9 Å². The standard InChI is InChI=1S/C22H14N2O3S/c25-20-18(15-2-1-8-23-10-15)21(26)24-22-19(20)17(12-28-22)14-5-3-13(4-6-14)16-7-9-27-11-16/h1-12H,(H2,24,25,26). The van der Waals surface area contributed by atoms with Crippen LogP contribution in [0.5, 0.6) is 5.75 Å². The average molecular weight is 386 g/mol. The lowest BCUT2D eigenvalue weighted by atomic mass is 9.99. The lowest BCUT2D eigenvalue weighted by Gasteiger charge is -2.07. The summed E-state index contributed by atoms with van der Waals surface area (Å²) in [6, 6.07) is 13.4. The van der Waals surface area contributed by atoms with Crippen LogP contribution < -0.4 is 5.56 Å². The van der Waals surface area contributed by atoms with E-state index in [1.165, 1.54) is 11.3 Å². The van der Waals surface area contributed by atoms with Gasteiger partial charge in [0, 0.05) is 34.5 Å². The summed E-state index contributed by atoms with van der Waals surface area (Å²) < 4.78 is 5.14. The SMILES string of the molecule is O=c1[nH]c2scc(-c3ccc(-c4ccoc4)cc3)c2c(O)c1-c1cccnc1. The zero-order valence-corrected chi connectivity index (χ0v) is 15.4. The van der Waals surface area contributed by atoms with E-state index >= 15 is 0 Å². The third kappa shape index (κ3) is 2.62. The number of aromatic amines is 1. The monoisotopic (exact) mass is 386 g/mol. The molecule has 0 atom stereocenters. The molecule has 0 aliphatic heterocycles. The topological polar surface area (TPSA) is 79.1 Å². The van der Waals surface area contributed by atoms with Crippen LogP contribution in [0.1, 0.15) is 0 Å². The molecule has 0 unspecified atom stereocenters. The first-order valence-electron chi connectivity index (χ1n) is 8.62. The first-order chi connectivity index (χ1) is 13.7. The molecule has 0 saturated carbocycles. The summed E-state index contributed by atoms with van der Waals surface area (Å²) >= 11 is 1.40.